The van der Waals surface area contributed by atoms with Crippen LogP contribution in [-0.2, 0) is 6.42 Å². The number of aliphatic hydroxyl groups excluding tert-OH is 1. The van der Waals surface area contributed by atoms with Crippen LogP contribution in [0.3, 0.4) is 0 Å². The third-order valence-corrected chi connectivity index (χ3v) is 2.65. The zero-order valence-electron chi connectivity index (χ0n) is 6.00. The molecule has 0 saturated carbocycles. The van der Waals surface area contributed by atoms with Crippen molar-refractivity contribution in [3.63, 3.8) is 0 Å². The van der Waals surface area contributed by atoms with Crippen molar-refractivity contribution in [2.75, 3.05) is 0 Å². The van der Waals surface area contributed by atoms with Gasteiger partial charge in [0.2, 0.25) is 0 Å². The Bertz CT molecular complexity index is 272. The number of halogens is 1. The van der Waals surface area contributed by atoms with E-state index in [1.807, 2.05) is 24.3 Å². The molecule has 0 aromatic heterocycles. The summed E-state index contributed by atoms with van der Waals surface area (Å²) in [4.78, 5) is 0. The van der Waals surface area contributed by atoms with Crippen LogP contribution >= 0.6 is 11.6 Å². The SMILES string of the molecule is O[C@H]1Cc2ccccc2[C@@H]1Cl. The summed E-state index contributed by atoms with van der Waals surface area (Å²) in [5, 5.41) is 9.18. The first kappa shape index (κ1) is 7.14. The number of rotatable bonds is 0. The molecule has 0 spiro atoms. The summed E-state index contributed by atoms with van der Waals surface area (Å²) in [6.45, 7) is 0. The van der Waals surface area contributed by atoms with Gasteiger partial charge in [0, 0.05) is 6.42 Å². The zero-order valence-corrected chi connectivity index (χ0v) is 6.75. The molecule has 1 nitrogen and oxygen atoms in total. The van der Waals surface area contributed by atoms with Crippen LogP contribution in [0.25, 0.3) is 0 Å². The minimum Gasteiger partial charge on any atom is -0.391 e. The number of benzene rings is 1. The molecular formula is C9H9ClO. The molecule has 0 fully saturated rings. The van der Waals surface area contributed by atoms with E-state index in [4.69, 9.17) is 11.6 Å². The highest BCUT2D eigenvalue weighted by molar-refractivity contribution is 6.21. The molecule has 1 aromatic rings. The molecule has 0 aliphatic heterocycles. The smallest absolute Gasteiger partial charge is 0.0850 e. The number of fused-ring (bicyclic) bond motifs is 1. The molecular weight excluding hydrogens is 160 g/mol. The van der Waals surface area contributed by atoms with E-state index in [2.05, 4.69) is 0 Å². The molecule has 0 bridgehead atoms. The Morgan fingerprint density at radius 3 is 2.82 bits per heavy atom. The van der Waals surface area contributed by atoms with Crippen molar-refractivity contribution < 1.29 is 5.11 Å². The minimum absolute atomic E-state index is 0.203. The molecule has 1 aliphatic carbocycles. The van der Waals surface area contributed by atoms with Crippen LogP contribution in [0.1, 0.15) is 16.5 Å². The van der Waals surface area contributed by atoms with Crippen molar-refractivity contribution >= 4 is 11.6 Å². The van der Waals surface area contributed by atoms with E-state index in [9.17, 15) is 5.11 Å². The molecule has 2 rings (SSSR count). The summed E-state index contributed by atoms with van der Waals surface area (Å²) >= 11 is 5.94. The van der Waals surface area contributed by atoms with E-state index in [1.165, 1.54) is 5.56 Å². The molecule has 1 aliphatic rings. The summed E-state index contributed by atoms with van der Waals surface area (Å²) in [5.41, 5.74) is 2.27. The highest BCUT2D eigenvalue weighted by atomic mass is 35.5. The van der Waals surface area contributed by atoms with Gasteiger partial charge in [-0.3, -0.25) is 0 Å². The average molecular weight is 169 g/mol. The van der Waals surface area contributed by atoms with E-state index in [-0.39, 0.29) is 5.38 Å². The molecule has 1 N–H and O–H groups in total. The van der Waals surface area contributed by atoms with E-state index in [0.717, 1.165) is 5.56 Å². The van der Waals surface area contributed by atoms with Gasteiger partial charge in [-0.15, -0.1) is 11.6 Å². The molecule has 0 unspecified atom stereocenters. The molecule has 2 atom stereocenters. The highest BCUT2D eigenvalue weighted by Gasteiger charge is 2.28. The Balaban J connectivity index is 2.47. The second kappa shape index (κ2) is 2.50. The molecule has 11 heavy (non-hydrogen) atoms. The first-order valence-corrected chi connectivity index (χ1v) is 4.12. The van der Waals surface area contributed by atoms with Gasteiger partial charge in [0.1, 0.15) is 0 Å². The molecule has 58 valence electrons. The van der Waals surface area contributed by atoms with Gasteiger partial charge in [0.05, 0.1) is 11.5 Å². The predicted molar refractivity (Wildman–Crippen MR) is 44.7 cm³/mol. The van der Waals surface area contributed by atoms with Gasteiger partial charge >= 0.3 is 0 Å². The highest BCUT2D eigenvalue weighted by Crippen LogP contribution is 2.35. The molecule has 0 heterocycles. The fraction of sp³-hybridized carbons (Fsp3) is 0.333. The number of hydrogen-bond donors (Lipinski definition) is 1. The van der Waals surface area contributed by atoms with Crippen molar-refractivity contribution in [3.8, 4) is 0 Å². The first-order valence-electron chi connectivity index (χ1n) is 3.69. The van der Waals surface area contributed by atoms with Crippen LogP contribution in [0.2, 0.25) is 0 Å². The lowest BCUT2D eigenvalue weighted by atomic mass is 10.1. The van der Waals surface area contributed by atoms with Crippen LogP contribution in [0.4, 0.5) is 0 Å². The largest absolute Gasteiger partial charge is 0.391 e. The minimum atomic E-state index is -0.394. The van der Waals surface area contributed by atoms with E-state index < -0.39 is 6.10 Å². The summed E-state index contributed by atoms with van der Waals surface area (Å²) < 4.78 is 0. The number of hydrogen-bond acceptors (Lipinski definition) is 1. The lowest BCUT2D eigenvalue weighted by Gasteiger charge is -2.04. The Kier molecular flexibility index (Phi) is 1.63. The van der Waals surface area contributed by atoms with E-state index in [0.29, 0.717) is 6.42 Å². The fourth-order valence-electron chi connectivity index (χ4n) is 1.53. The molecule has 1 aromatic carbocycles. The van der Waals surface area contributed by atoms with Gasteiger partial charge in [-0.25, -0.2) is 0 Å². The maximum atomic E-state index is 9.39. The Morgan fingerprint density at radius 2 is 2.09 bits per heavy atom. The second-order valence-corrected chi connectivity index (χ2v) is 3.34. The fourth-order valence-corrected chi connectivity index (χ4v) is 1.83. The van der Waals surface area contributed by atoms with Crippen molar-refractivity contribution in [2.45, 2.75) is 17.9 Å². The van der Waals surface area contributed by atoms with Crippen molar-refractivity contribution in [1.29, 1.82) is 0 Å². The van der Waals surface area contributed by atoms with Crippen LogP contribution in [0.5, 0.6) is 0 Å². The monoisotopic (exact) mass is 168 g/mol. The summed E-state index contributed by atoms with van der Waals surface area (Å²) in [7, 11) is 0. The van der Waals surface area contributed by atoms with Crippen LogP contribution in [0.15, 0.2) is 24.3 Å². The van der Waals surface area contributed by atoms with Crippen molar-refractivity contribution in [1.82, 2.24) is 0 Å². The molecule has 0 amide bonds. The Morgan fingerprint density at radius 1 is 1.36 bits per heavy atom. The van der Waals surface area contributed by atoms with E-state index >= 15 is 0 Å². The van der Waals surface area contributed by atoms with Gasteiger partial charge in [-0.05, 0) is 11.1 Å². The Hall–Kier alpha value is -0.530. The quantitative estimate of drug-likeness (QED) is 0.587. The summed E-state index contributed by atoms with van der Waals surface area (Å²) in [5.74, 6) is 0. The lowest BCUT2D eigenvalue weighted by Crippen LogP contribution is -2.07. The van der Waals surface area contributed by atoms with Gasteiger partial charge in [-0.2, -0.15) is 0 Å². The van der Waals surface area contributed by atoms with Crippen molar-refractivity contribution in [3.05, 3.63) is 35.4 Å². The first-order chi connectivity index (χ1) is 5.29. The second-order valence-electron chi connectivity index (χ2n) is 2.87. The predicted octanol–water partition coefficient (Wildman–Crippen LogP) is 1.88. The van der Waals surface area contributed by atoms with Crippen LogP contribution in [-0.4, -0.2) is 11.2 Å². The topological polar surface area (TPSA) is 20.2 Å². The maximum Gasteiger partial charge on any atom is 0.0850 e. The average Bonchev–Trinajstić information content (AvgIpc) is 2.30. The molecule has 0 radical (unpaired) electrons. The lowest BCUT2D eigenvalue weighted by molar-refractivity contribution is 0.182. The van der Waals surface area contributed by atoms with Crippen LogP contribution in [0, 0.1) is 0 Å². The van der Waals surface area contributed by atoms with Gasteiger partial charge in [0.25, 0.3) is 0 Å². The zero-order chi connectivity index (χ0) is 7.84. The Labute approximate surface area is 70.6 Å². The normalized spacial score (nSPS) is 28.5. The van der Waals surface area contributed by atoms with Crippen molar-refractivity contribution in [2.24, 2.45) is 0 Å². The number of alkyl halides is 1. The van der Waals surface area contributed by atoms with Gasteiger partial charge in [-0.1, -0.05) is 24.3 Å². The van der Waals surface area contributed by atoms with E-state index in [1.54, 1.807) is 0 Å². The standard InChI is InChI=1S/C9H9ClO/c10-9-7-4-2-1-3-6(7)5-8(9)11/h1-4,8-9,11H,5H2/t8-,9-/m0/s1. The maximum absolute atomic E-state index is 9.39. The number of aliphatic hydroxyl groups is 1. The third kappa shape index (κ3) is 1.05. The van der Waals surface area contributed by atoms with Crippen LogP contribution < -0.4 is 0 Å². The van der Waals surface area contributed by atoms with Gasteiger partial charge in [0.15, 0.2) is 0 Å². The third-order valence-electron chi connectivity index (χ3n) is 2.12. The molecule has 2 heteroatoms. The summed E-state index contributed by atoms with van der Waals surface area (Å²) in [6.07, 6.45) is 0.304. The van der Waals surface area contributed by atoms with Gasteiger partial charge < -0.3 is 5.11 Å². The molecule has 0 saturated heterocycles. The summed E-state index contributed by atoms with van der Waals surface area (Å²) in [6, 6.07) is 7.91.